The Morgan fingerprint density at radius 3 is 2.77 bits per heavy atom. The molecule has 0 radical (unpaired) electrons. The molecule has 0 unspecified atom stereocenters. The Hall–Kier alpha value is -0.850. The van der Waals surface area contributed by atoms with Crippen molar-refractivity contribution in [1.29, 1.82) is 5.26 Å². The topological polar surface area (TPSA) is 33.0 Å². The Balaban J connectivity index is 3.16. The van der Waals surface area contributed by atoms with Crippen molar-refractivity contribution in [3.05, 3.63) is 22.7 Å². The molecule has 0 aromatic heterocycles. The molecule has 0 atom stereocenters. The molecule has 0 saturated carbocycles. The van der Waals surface area contributed by atoms with E-state index in [-0.39, 0.29) is 0 Å². The molecule has 0 aliphatic rings. The fourth-order valence-electron chi connectivity index (χ4n) is 0.981. The van der Waals surface area contributed by atoms with E-state index >= 15 is 0 Å². The molecule has 0 bridgehead atoms. The van der Waals surface area contributed by atoms with E-state index in [1.165, 1.54) is 0 Å². The summed E-state index contributed by atoms with van der Waals surface area (Å²) in [5.74, 6) is 0.752. The van der Waals surface area contributed by atoms with Crippen LogP contribution in [0.15, 0.2) is 17.0 Å². The summed E-state index contributed by atoms with van der Waals surface area (Å²) in [6.07, 6.45) is 0. The molecule has 2 nitrogen and oxygen atoms in total. The van der Waals surface area contributed by atoms with Gasteiger partial charge in [-0.3, -0.25) is 0 Å². The predicted molar refractivity (Wildman–Crippen MR) is 54.2 cm³/mol. The van der Waals surface area contributed by atoms with Gasteiger partial charge in [0.25, 0.3) is 0 Å². The second-order valence-electron chi connectivity index (χ2n) is 2.45. The van der Waals surface area contributed by atoms with E-state index in [0.717, 1.165) is 28.0 Å². The highest BCUT2D eigenvalue weighted by Crippen LogP contribution is 2.32. The number of nitriles is 1. The molecule has 1 aromatic carbocycles. The van der Waals surface area contributed by atoms with Gasteiger partial charge in [-0.25, -0.2) is 0 Å². The van der Waals surface area contributed by atoms with Crippen molar-refractivity contribution in [2.45, 2.75) is 11.8 Å². The molecule has 4 heteroatoms. The van der Waals surface area contributed by atoms with E-state index in [4.69, 9.17) is 21.6 Å². The second-order valence-corrected chi connectivity index (χ2v) is 3.68. The number of thiocyanates is 1. The van der Waals surface area contributed by atoms with Crippen LogP contribution >= 0.6 is 23.4 Å². The first-order valence-electron chi connectivity index (χ1n) is 3.59. The van der Waals surface area contributed by atoms with Crippen LogP contribution in [-0.2, 0) is 0 Å². The summed E-state index contributed by atoms with van der Waals surface area (Å²) in [7, 11) is 1.59. The zero-order valence-corrected chi connectivity index (χ0v) is 8.87. The maximum absolute atomic E-state index is 8.49. The van der Waals surface area contributed by atoms with Crippen LogP contribution in [0, 0.1) is 17.6 Å². The van der Waals surface area contributed by atoms with E-state index < -0.39 is 0 Å². The van der Waals surface area contributed by atoms with Crippen molar-refractivity contribution in [2.24, 2.45) is 0 Å². The number of methoxy groups -OCH3 is 1. The summed E-state index contributed by atoms with van der Waals surface area (Å²) in [4.78, 5) is 0.728. The molecule has 0 aliphatic heterocycles. The molecule has 0 fully saturated rings. The third-order valence-electron chi connectivity index (χ3n) is 1.60. The number of nitrogens with zero attached hydrogens (tertiary/aromatic N) is 1. The van der Waals surface area contributed by atoms with Crippen LogP contribution in [0.2, 0.25) is 5.02 Å². The largest absolute Gasteiger partial charge is 0.496 e. The van der Waals surface area contributed by atoms with Gasteiger partial charge in [-0.1, -0.05) is 11.6 Å². The van der Waals surface area contributed by atoms with Gasteiger partial charge in [0, 0.05) is 4.90 Å². The minimum Gasteiger partial charge on any atom is -0.496 e. The third-order valence-corrected chi connectivity index (χ3v) is 2.68. The summed E-state index contributed by atoms with van der Waals surface area (Å²) in [5.41, 5.74) is 0.967. The van der Waals surface area contributed by atoms with E-state index in [1.807, 2.05) is 12.3 Å². The number of benzene rings is 1. The lowest BCUT2D eigenvalue weighted by Gasteiger charge is -2.06. The standard InChI is InChI=1S/C9H8ClNOS/c1-6-3-7(10)9(13-5-11)4-8(6)12-2/h3-4H,1-2H3. The van der Waals surface area contributed by atoms with Gasteiger partial charge in [-0.2, -0.15) is 5.26 Å². The minimum atomic E-state index is 0.588. The van der Waals surface area contributed by atoms with Crippen LogP contribution in [0.5, 0.6) is 5.75 Å². The van der Waals surface area contributed by atoms with Crippen LogP contribution in [0.1, 0.15) is 5.56 Å². The number of hydrogen-bond acceptors (Lipinski definition) is 3. The summed E-state index contributed by atoms with van der Waals surface area (Å²) < 4.78 is 5.11. The maximum atomic E-state index is 8.49. The SMILES string of the molecule is COc1cc(SC#N)c(Cl)cc1C. The van der Waals surface area contributed by atoms with Crippen molar-refractivity contribution in [1.82, 2.24) is 0 Å². The van der Waals surface area contributed by atoms with Crippen molar-refractivity contribution in [3.8, 4) is 11.2 Å². The normalized spacial score (nSPS) is 9.38. The lowest BCUT2D eigenvalue weighted by Crippen LogP contribution is -1.87. The average Bonchev–Trinajstić information content (AvgIpc) is 2.10. The molecule has 0 saturated heterocycles. The van der Waals surface area contributed by atoms with Gasteiger partial charge in [-0.05, 0) is 36.4 Å². The quantitative estimate of drug-likeness (QED) is 0.559. The molecule has 0 amide bonds. The molecular formula is C9H8ClNOS. The van der Waals surface area contributed by atoms with E-state index in [0.29, 0.717) is 5.02 Å². The lowest BCUT2D eigenvalue weighted by molar-refractivity contribution is 0.410. The fraction of sp³-hybridized carbons (Fsp3) is 0.222. The fourth-order valence-corrected chi connectivity index (χ4v) is 1.74. The van der Waals surface area contributed by atoms with Gasteiger partial charge in [0.2, 0.25) is 0 Å². The van der Waals surface area contributed by atoms with Crippen molar-refractivity contribution >= 4 is 23.4 Å². The Kier molecular flexibility index (Phi) is 3.47. The minimum absolute atomic E-state index is 0.588. The zero-order chi connectivity index (χ0) is 9.84. The smallest absolute Gasteiger partial charge is 0.138 e. The number of halogens is 1. The summed E-state index contributed by atoms with van der Waals surface area (Å²) >= 11 is 6.94. The van der Waals surface area contributed by atoms with Gasteiger partial charge < -0.3 is 4.74 Å². The Bertz CT molecular complexity index is 359. The van der Waals surface area contributed by atoms with Crippen LogP contribution in [0.3, 0.4) is 0 Å². The van der Waals surface area contributed by atoms with Crippen LogP contribution < -0.4 is 4.74 Å². The molecule has 68 valence electrons. The molecule has 1 rings (SSSR count). The van der Waals surface area contributed by atoms with Crippen LogP contribution in [0.25, 0.3) is 0 Å². The molecule has 0 aliphatic carbocycles. The van der Waals surface area contributed by atoms with E-state index in [1.54, 1.807) is 19.2 Å². The van der Waals surface area contributed by atoms with Crippen LogP contribution in [-0.4, -0.2) is 7.11 Å². The first-order chi connectivity index (χ1) is 6.19. The van der Waals surface area contributed by atoms with Crippen LogP contribution in [0.4, 0.5) is 0 Å². The summed E-state index contributed by atoms with van der Waals surface area (Å²) in [6, 6.07) is 3.56. The molecule has 13 heavy (non-hydrogen) atoms. The Labute approximate surface area is 86.5 Å². The Morgan fingerprint density at radius 2 is 2.23 bits per heavy atom. The number of hydrogen-bond donors (Lipinski definition) is 0. The van der Waals surface area contributed by atoms with Gasteiger partial charge in [-0.15, -0.1) is 0 Å². The van der Waals surface area contributed by atoms with E-state index in [2.05, 4.69) is 0 Å². The highest BCUT2D eigenvalue weighted by molar-refractivity contribution is 8.03. The number of ether oxygens (including phenoxy) is 1. The molecule has 0 heterocycles. The highest BCUT2D eigenvalue weighted by atomic mass is 35.5. The number of rotatable bonds is 2. The molecular weight excluding hydrogens is 206 g/mol. The first kappa shape index (κ1) is 10.2. The third kappa shape index (κ3) is 2.30. The maximum Gasteiger partial charge on any atom is 0.138 e. The van der Waals surface area contributed by atoms with Crippen molar-refractivity contribution in [2.75, 3.05) is 7.11 Å². The number of aryl methyl sites for hydroxylation is 1. The van der Waals surface area contributed by atoms with E-state index in [9.17, 15) is 0 Å². The van der Waals surface area contributed by atoms with Gasteiger partial charge in [0.05, 0.1) is 12.1 Å². The lowest BCUT2D eigenvalue weighted by atomic mass is 10.2. The Morgan fingerprint density at radius 1 is 1.54 bits per heavy atom. The van der Waals surface area contributed by atoms with Gasteiger partial charge in [0.1, 0.15) is 11.2 Å². The average molecular weight is 214 g/mol. The second kappa shape index (κ2) is 4.40. The first-order valence-corrected chi connectivity index (χ1v) is 4.78. The monoisotopic (exact) mass is 213 g/mol. The van der Waals surface area contributed by atoms with Gasteiger partial charge >= 0.3 is 0 Å². The zero-order valence-electron chi connectivity index (χ0n) is 7.30. The molecule has 1 aromatic rings. The highest BCUT2D eigenvalue weighted by Gasteiger charge is 2.06. The number of thioether (sulfide) groups is 1. The van der Waals surface area contributed by atoms with Crippen molar-refractivity contribution in [3.63, 3.8) is 0 Å². The van der Waals surface area contributed by atoms with Crippen molar-refractivity contribution < 1.29 is 4.74 Å². The van der Waals surface area contributed by atoms with Gasteiger partial charge in [0.15, 0.2) is 0 Å². The summed E-state index contributed by atoms with van der Waals surface area (Å²) in [6.45, 7) is 1.91. The molecule has 0 spiro atoms. The summed E-state index contributed by atoms with van der Waals surface area (Å²) in [5, 5.41) is 11.1. The predicted octanol–water partition coefficient (Wildman–Crippen LogP) is 3.23. The molecule has 0 N–H and O–H groups in total.